The van der Waals surface area contributed by atoms with Gasteiger partial charge >= 0.3 is 0 Å². The van der Waals surface area contributed by atoms with Crippen molar-refractivity contribution in [2.45, 2.75) is 0 Å². The molecule has 1 heterocycles. The van der Waals surface area contributed by atoms with E-state index in [1.165, 1.54) is 5.01 Å². The van der Waals surface area contributed by atoms with Gasteiger partial charge in [0.2, 0.25) is 0 Å². The number of rotatable bonds is 4. The molecule has 0 aliphatic carbocycles. The summed E-state index contributed by atoms with van der Waals surface area (Å²) in [6, 6.07) is 26.4. The van der Waals surface area contributed by atoms with E-state index in [0.717, 1.165) is 16.7 Å². The van der Waals surface area contributed by atoms with Crippen LogP contribution < -0.4 is 0 Å². The van der Waals surface area contributed by atoms with Gasteiger partial charge in [-0.2, -0.15) is 10.1 Å². The zero-order valence-corrected chi connectivity index (χ0v) is 15.6. The van der Waals surface area contributed by atoms with Crippen molar-refractivity contribution >= 4 is 35.6 Å². The normalized spacial score (nSPS) is 15.5. The Hall–Kier alpha value is -3.50. The molecule has 0 aromatic heterocycles. The Labute approximate surface area is 168 Å². The number of amidine groups is 1. The van der Waals surface area contributed by atoms with Gasteiger partial charge in [0.25, 0.3) is 5.91 Å². The van der Waals surface area contributed by atoms with E-state index >= 15 is 0 Å². The fraction of sp³-hybridized carbons (Fsp3) is 0. The fourth-order valence-electron chi connectivity index (χ4n) is 2.77. The molecule has 5 heteroatoms. The van der Waals surface area contributed by atoms with Crippen LogP contribution in [0.15, 0.2) is 101 Å². The van der Waals surface area contributed by atoms with Crippen molar-refractivity contribution in [2.24, 2.45) is 10.1 Å². The average Bonchev–Trinajstić information content (AvgIpc) is 3.04. The first-order valence-corrected chi connectivity index (χ1v) is 9.13. The maximum absolute atomic E-state index is 13.0. The lowest BCUT2D eigenvalue weighted by molar-refractivity contribution is -0.122. The molecule has 0 bridgehead atoms. The molecule has 3 aromatic rings. The van der Waals surface area contributed by atoms with Gasteiger partial charge in [0.15, 0.2) is 5.84 Å². The molecule has 0 radical (unpaired) electrons. The summed E-state index contributed by atoms with van der Waals surface area (Å²) in [5, 5.41) is 6.38. The van der Waals surface area contributed by atoms with Crippen LogP contribution in [0.2, 0.25) is 5.02 Å². The highest BCUT2D eigenvalue weighted by Gasteiger charge is 2.31. The molecule has 0 spiro atoms. The third-order valence-electron chi connectivity index (χ3n) is 4.17. The van der Waals surface area contributed by atoms with E-state index in [9.17, 15) is 4.79 Å². The number of carbonyl (C=O) groups excluding carboxylic acids is 1. The lowest BCUT2D eigenvalue weighted by atomic mass is 10.2. The number of benzene rings is 3. The molecule has 1 amide bonds. The van der Waals surface area contributed by atoms with Crippen molar-refractivity contribution in [1.82, 2.24) is 5.01 Å². The molecule has 0 saturated carbocycles. The van der Waals surface area contributed by atoms with Crippen LogP contribution in [0.1, 0.15) is 16.7 Å². The monoisotopic (exact) mass is 385 g/mol. The lowest BCUT2D eigenvalue weighted by Crippen LogP contribution is -2.27. The maximum atomic E-state index is 13.0. The van der Waals surface area contributed by atoms with E-state index in [-0.39, 0.29) is 5.91 Å². The molecule has 0 N–H and O–H groups in total. The van der Waals surface area contributed by atoms with E-state index < -0.39 is 0 Å². The quantitative estimate of drug-likeness (QED) is 0.460. The summed E-state index contributed by atoms with van der Waals surface area (Å²) in [4.78, 5) is 17.5. The summed E-state index contributed by atoms with van der Waals surface area (Å²) in [6.45, 7) is 0. The van der Waals surface area contributed by atoms with E-state index in [2.05, 4.69) is 10.1 Å². The van der Waals surface area contributed by atoms with Gasteiger partial charge < -0.3 is 0 Å². The van der Waals surface area contributed by atoms with E-state index in [4.69, 9.17) is 11.6 Å². The Kier molecular flexibility index (Phi) is 5.13. The molecule has 1 aliphatic heterocycles. The van der Waals surface area contributed by atoms with Gasteiger partial charge in [-0.15, -0.1) is 0 Å². The van der Waals surface area contributed by atoms with Crippen molar-refractivity contribution < 1.29 is 4.79 Å². The van der Waals surface area contributed by atoms with Gasteiger partial charge in [-0.3, -0.25) is 4.79 Å². The van der Waals surface area contributed by atoms with Crippen LogP contribution in [0.3, 0.4) is 0 Å². The molecule has 3 aromatic carbocycles. The number of hydrogen-bond acceptors (Lipinski definition) is 3. The molecule has 0 unspecified atom stereocenters. The molecule has 0 fully saturated rings. The number of hydrogen-bond donors (Lipinski definition) is 0. The van der Waals surface area contributed by atoms with Gasteiger partial charge in [0.1, 0.15) is 5.70 Å². The molecular formula is C23H16ClN3O. The van der Waals surface area contributed by atoms with Gasteiger partial charge in [-0.05, 0) is 29.3 Å². The first-order valence-electron chi connectivity index (χ1n) is 8.75. The standard InChI is InChI=1S/C23H16ClN3O/c24-20-13-11-18(12-14-20)16-25-27-22(19-9-5-2-6-10-19)26-21(23(27)28)15-17-7-3-1-4-8-17/h1-16H/b21-15-,25-16+. The maximum Gasteiger partial charge on any atom is 0.298 e. The summed E-state index contributed by atoms with van der Waals surface area (Å²) in [5.74, 6) is 0.228. The smallest absolute Gasteiger partial charge is 0.265 e. The molecule has 136 valence electrons. The molecule has 0 saturated heterocycles. The lowest BCUT2D eigenvalue weighted by Gasteiger charge is -2.11. The Morgan fingerprint density at radius 3 is 2.14 bits per heavy atom. The Balaban J connectivity index is 1.71. The average molecular weight is 386 g/mol. The summed E-state index contributed by atoms with van der Waals surface area (Å²) in [7, 11) is 0. The second-order valence-corrected chi connectivity index (χ2v) is 6.59. The minimum Gasteiger partial charge on any atom is -0.265 e. The van der Waals surface area contributed by atoms with Crippen molar-refractivity contribution in [2.75, 3.05) is 0 Å². The molecule has 1 aliphatic rings. The minimum absolute atomic E-state index is 0.270. The van der Waals surface area contributed by atoms with Crippen LogP contribution >= 0.6 is 11.6 Å². The third kappa shape index (κ3) is 3.92. The molecule has 0 atom stereocenters. The summed E-state index contributed by atoms with van der Waals surface area (Å²) in [5.41, 5.74) is 2.91. The fourth-order valence-corrected chi connectivity index (χ4v) is 2.90. The number of aliphatic imine (C=N–C) groups is 1. The summed E-state index contributed by atoms with van der Waals surface area (Å²) >= 11 is 5.93. The molecule has 4 rings (SSSR count). The van der Waals surface area contributed by atoms with Gasteiger partial charge in [0.05, 0.1) is 6.21 Å². The van der Waals surface area contributed by atoms with E-state index in [0.29, 0.717) is 16.6 Å². The number of nitrogens with zero attached hydrogens (tertiary/aromatic N) is 3. The van der Waals surface area contributed by atoms with Crippen LogP contribution in [-0.4, -0.2) is 23.0 Å². The predicted octanol–water partition coefficient (Wildman–Crippen LogP) is 5.00. The second-order valence-electron chi connectivity index (χ2n) is 6.15. The number of halogens is 1. The van der Waals surface area contributed by atoms with Crippen molar-refractivity contribution in [3.8, 4) is 0 Å². The zero-order chi connectivity index (χ0) is 19.3. The predicted molar refractivity (Wildman–Crippen MR) is 113 cm³/mol. The van der Waals surface area contributed by atoms with Gasteiger partial charge in [-0.1, -0.05) is 84.4 Å². The number of hydrazone groups is 1. The summed E-state index contributed by atoms with van der Waals surface area (Å²) in [6.07, 6.45) is 3.39. The van der Waals surface area contributed by atoms with Crippen molar-refractivity contribution in [1.29, 1.82) is 0 Å². The first-order chi connectivity index (χ1) is 13.7. The minimum atomic E-state index is -0.270. The Morgan fingerprint density at radius 2 is 1.46 bits per heavy atom. The largest absolute Gasteiger partial charge is 0.298 e. The second kappa shape index (κ2) is 8.03. The van der Waals surface area contributed by atoms with E-state index in [1.807, 2.05) is 72.8 Å². The first kappa shape index (κ1) is 17.9. The molecular weight excluding hydrogens is 370 g/mol. The molecule has 4 nitrogen and oxygen atoms in total. The van der Waals surface area contributed by atoms with Crippen LogP contribution in [0.5, 0.6) is 0 Å². The summed E-state index contributed by atoms with van der Waals surface area (Å²) < 4.78 is 0. The molecule has 28 heavy (non-hydrogen) atoms. The highest BCUT2D eigenvalue weighted by atomic mass is 35.5. The zero-order valence-electron chi connectivity index (χ0n) is 14.9. The van der Waals surface area contributed by atoms with Gasteiger partial charge in [-0.25, -0.2) is 4.99 Å². The van der Waals surface area contributed by atoms with Crippen LogP contribution in [0, 0.1) is 0 Å². The van der Waals surface area contributed by atoms with Crippen molar-refractivity contribution in [3.05, 3.63) is 112 Å². The Morgan fingerprint density at radius 1 is 0.821 bits per heavy atom. The van der Waals surface area contributed by atoms with Crippen LogP contribution in [-0.2, 0) is 4.79 Å². The third-order valence-corrected chi connectivity index (χ3v) is 4.42. The van der Waals surface area contributed by atoms with Gasteiger partial charge in [0, 0.05) is 10.6 Å². The topological polar surface area (TPSA) is 45.0 Å². The van der Waals surface area contributed by atoms with E-state index in [1.54, 1.807) is 24.4 Å². The van der Waals surface area contributed by atoms with Crippen LogP contribution in [0.25, 0.3) is 6.08 Å². The highest BCUT2D eigenvalue weighted by molar-refractivity contribution is 6.30. The highest BCUT2D eigenvalue weighted by Crippen LogP contribution is 2.22. The Bertz CT molecular complexity index is 1070. The van der Waals surface area contributed by atoms with Crippen molar-refractivity contribution in [3.63, 3.8) is 0 Å². The number of carbonyl (C=O) groups is 1. The SMILES string of the molecule is O=C1/C(=C/c2ccccc2)N=C(c2ccccc2)N1/N=C/c1ccc(Cl)cc1. The van der Waals surface area contributed by atoms with Crippen LogP contribution in [0.4, 0.5) is 0 Å². The number of amides is 1.